The lowest BCUT2D eigenvalue weighted by Crippen LogP contribution is -2.43. The maximum Gasteiger partial charge on any atom is 0.325 e. The molecular formula is C30H31N3O3. The normalized spacial score (nSPS) is 18.9. The van der Waals surface area contributed by atoms with Gasteiger partial charge in [-0.1, -0.05) is 78.9 Å². The molecule has 1 atom stereocenters. The van der Waals surface area contributed by atoms with Crippen LogP contribution in [0.15, 0.2) is 78.9 Å². The Balaban J connectivity index is 1.22. The molecule has 3 aromatic rings. The number of amides is 4. The van der Waals surface area contributed by atoms with E-state index in [4.69, 9.17) is 0 Å². The molecule has 6 nitrogen and oxygen atoms in total. The molecule has 36 heavy (non-hydrogen) atoms. The van der Waals surface area contributed by atoms with Gasteiger partial charge in [0.25, 0.3) is 5.91 Å². The van der Waals surface area contributed by atoms with E-state index in [1.807, 2.05) is 54.6 Å². The number of hydrogen-bond donors (Lipinski definition) is 2. The number of nitrogens with zero attached hydrogens (tertiary/aromatic N) is 1. The van der Waals surface area contributed by atoms with Crippen LogP contribution in [0.25, 0.3) is 0 Å². The van der Waals surface area contributed by atoms with E-state index < -0.39 is 17.5 Å². The molecule has 2 N–H and O–H groups in total. The number of carbonyl (C=O) groups is 3. The van der Waals surface area contributed by atoms with E-state index in [0.717, 1.165) is 29.7 Å². The van der Waals surface area contributed by atoms with E-state index in [1.54, 1.807) is 6.92 Å². The molecule has 4 amide bonds. The van der Waals surface area contributed by atoms with Gasteiger partial charge in [-0.25, -0.2) is 4.79 Å². The minimum absolute atomic E-state index is 0.132. The molecule has 0 radical (unpaired) electrons. The summed E-state index contributed by atoms with van der Waals surface area (Å²) >= 11 is 0. The van der Waals surface area contributed by atoms with Gasteiger partial charge in [-0.3, -0.25) is 14.5 Å². The van der Waals surface area contributed by atoms with Gasteiger partial charge in [-0.05, 0) is 60.4 Å². The highest BCUT2D eigenvalue weighted by Gasteiger charge is 2.49. The van der Waals surface area contributed by atoms with E-state index in [-0.39, 0.29) is 18.4 Å². The average molecular weight is 482 g/mol. The summed E-state index contributed by atoms with van der Waals surface area (Å²) in [5.41, 5.74) is 4.49. The Hall–Kier alpha value is -3.93. The number of nitrogens with one attached hydrogen (secondary N) is 2. The monoisotopic (exact) mass is 481 g/mol. The summed E-state index contributed by atoms with van der Waals surface area (Å²) < 4.78 is 0. The largest absolute Gasteiger partial charge is 0.355 e. The first kappa shape index (κ1) is 23.8. The molecule has 1 heterocycles. The van der Waals surface area contributed by atoms with Crippen molar-refractivity contribution in [1.29, 1.82) is 0 Å². The van der Waals surface area contributed by atoms with Crippen molar-refractivity contribution in [1.82, 2.24) is 15.5 Å². The summed E-state index contributed by atoms with van der Waals surface area (Å²) in [7, 11) is 0. The quantitative estimate of drug-likeness (QED) is 0.472. The van der Waals surface area contributed by atoms with Crippen molar-refractivity contribution in [2.45, 2.75) is 44.1 Å². The molecule has 6 heteroatoms. The Labute approximate surface area is 211 Å². The summed E-state index contributed by atoms with van der Waals surface area (Å²) in [4.78, 5) is 39.8. The van der Waals surface area contributed by atoms with Gasteiger partial charge in [0.05, 0.1) is 0 Å². The van der Waals surface area contributed by atoms with Gasteiger partial charge < -0.3 is 10.6 Å². The third-order valence-corrected chi connectivity index (χ3v) is 7.41. The Morgan fingerprint density at radius 3 is 2.25 bits per heavy atom. The zero-order chi connectivity index (χ0) is 25.1. The number of rotatable bonds is 8. The van der Waals surface area contributed by atoms with Crippen LogP contribution in [0.1, 0.15) is 53.5 Å². The predicted molar refractivity (Wildman–Crippen MR) is 138 cm³/mol. The number of urea groups is 1. The summed E-state index contributed by atoms with van der Waals surface area (Å²) in [6.45, 7) is 1.84. The Bertz CT molecular complexity index is 1240. The van der Waals surface area contributed by atoms with Crippen LogP contribution >= 0.6 is 0 Å². The molecule has 1 aliphatic carbocycles. The van der Waals surface area contributed by atoms with Crippen LogP contribution in [-0.2, 0) is 28.0 Å². The van der Waals surface area contributed by atoms with Crippen LogP contribution in [0.2, 0.25) is 0 Å². The van der Waals surface area contributed by atoms with E-state index in [0.29, 0.717) is 13.0 Å². The van der Waals surface area contributed by atoms with E-state index in [9.17, 15) is 14.4 Å². The number of carbonyl (C=O) groups excluding carboxylic acids is 3. The highest BCUT2D eigenvalue weighted by atomic mass is 16.2. The number of benzene rings is 3. The lowest BCUT2D eigenvalue weighted by atomic mass is 9.88. The fourth-order valence-electron chi connectivity index (χ4n) is 5.37. The number of hydrogen-bond acceptors (Lipinski definition) is 3. The Morgan fingerprint density at radius 1 is 0.944 bits per heavy atom. The zero-order valence-electron chi connectivity index (χ0n) is 20.5. The van der Waals surface area contributed by atoms with Crippen LogP contribution in [-0.4, -0.2) is 35.8 Å². The maximum absolute atomic E-state index is 13.3. The lowest BCUT2D eigenvalue weighted by Gasteiger charge is -2.23. The van der Waals surface area contributed by atoms with Gasteiger partial charge in [-0.15, -0.1) is 0 Å². The molecule has 5 rings (SSSR count). The third-order valence-electron chi connectivity index (χ3n) is 7.41. The molecule has 184 valence electrons. The molecule has 1 unspecified atom stereocenters. The molecule has 2 aliphatic rings. The van der Waals surface area contributed by atoms with Crippen LogP contribution < -0.4 is 10.6 Å². The first-order valence-corrected chi connectivity index (χ1v) is 12.6. The molecular weight excluding hydrogens is 450 g/mol. The fourth-order valence-corrected chi connectivity index (χ4v) is 5.37. The molecule has 1 fully saturated rings. The molecule has 0 spiro atoms. The van der Waals surface area contributed by atoms with Gasteiger partial charge in [0, 0.05) is 12.5 Å². The highest BCUT2D eigenvalue weighted by Crippen LogP contribution is 2.32. The second-order valence-electron chi connectivity index (χ2n) is 9.80. The van der Waals surface area contributed by atoms with Crippen molar-refractivity contribution in [3.05, 3.63) is 107 Å². The maximum atomic E-state index is 13.3. The van der Waals surface area contributed by atoms with E-state index in [2.05, 4.69) is 34.9 Å². The van der Waals surface area contributed by atoms with Gasteiger partial charge in [-0.2, -0.15) is 0 Å². The van der Waals surface area contributed by atoms with Crippen LogP contribution in [0.4, 0.5) is 4.79 Å². The number of aryl methyl sites for hydroxylation is 2. The summed E-state index contributed by atoms with van der Waals surface area (Å²) in [5.74, 6) is -0.615. The first-order valence-electron chi connectivity index (χ1n) is 12.6. The summed E-state index contributed by atoms with van der Waals surface area (Å²) in [6, 6.07) is 25.8. The topological polar surface area (TPSA) is 78.5 Å². The minimum atomic E-state index is -1.17. The van der Waals surface area contributed by atoms with Crippen molar-refractivity contribution in [3.63, 3.8) is 0 Å². The molecule has 0 aromatic heterocycles. The minimum Gasteiger partial charge on any atom is -0.355 e. The predicted octanol–water partition coefficient (Wildman–Crippen LogP) is 4.28. The van der Waals surface area contributed by atoms with Crippen molar-refractivity contribution < 1.29 is 14.4 Å². The number of imide groups is 1. The lowest BCUT2D eigenvalue weighted by molar-refractivity contribution is -0.134. The average Bonchev–Trinajstić information content (AvgIpc) is 3.46. The van der Waals surface area contributed by atoms with Crippen LogP contribution in [0, 0.1) is 0 Å². The zero-order valence-corrected chi connectivity index (χ0v) is 20.5. The van der Waals surface area contributed by atoms with Gasteiger partial charge in [0.1, 0.15) is 12.1 Å². The SMILES string of the molecule is CC1(c2ccc3c(c2)CCC3)NC(=O)N(CC(=O)NCCC(c2ccccc2)c2ccccc2)C1=O. The summed E-state index contributed by atoms with van der Waals surface area (Å²) in [5, 5.41) is 5.73. The van der Waals surface area contributed by atoms with Crippen LogP contribution in [0.5, 0.6) is 0 Å². The molecule has 0 bridgehead atoms. The van der Waals surface area contributed by atoms with Crippen molar-refractivity contribution in [3.8, 4) is 0 Å². The van der Waals surface area contributed by atoms with Gasteiger partial charge in [0.2, 0.25) is 5.91 Å². The smallest absolute Gasteiger partial charge is 0.325 e. The number of fused-ring (bicyclic) bond motifs is 1. The standard InChI is InChI=1S/C30H31N3O3/c1-30(25-16-15-21-13-8-14-24(21)19-25)28(35)33(29(36)32-30)20-27(34)31-18-17-26(22-9-4-2-5-10-22)23-11-6-3-7-12-23/h2-7,9-12,15-16,19,26H,8,13-14,17-18,20H2,1H3,(H,31,34)(H,32,36). The third kappa shape index (κ3) is 4.63. The van der Waals surface area contributed by atoms with Gasteiger partial charge in [0.15, 0.2) is 0 Å². The molecule has 3 aromatic carbocycles. The second kappa shape index (κ2) is 9.97. The van der Waals surface area contributed by atoms with Gasteiger partial charge >= 0.3 is 6.03 Å². The fraction of sp³-hybridized carbons (Fsp3) is 0.300. The van der Waals surface area contributed by atoms with Crippen LogP contribution in [0.3, 0.4) is 0 Å². The van der Waals surface area contributed by atoms with Crippen molar-refractivity contribution in [2.24, 2.45) is 0 Å². The molecule has 1 aliphatic heterocycles. The van der Waals surface area contributed by atoms with E-state index >= 15 is 0 Å². The highest BCUT2D eigenvalue weighted by molar-refractivity contribution is 6.09. The molecule has 1 saturated heterocycles. The van der Waals surface area contributed by atoms with Crippen molar-refractivity contribution in [2.75, 3.05) is 13.1 Å². The molecule has 0 saturated carbocycles. The summed E-state index contributed by atoms with van der Waals surface area (Å²) in [6.07, 6.45) is 3.85. The Morgan fingerprint density at radius 2 is 1.58 bits per heavy atom. The van der Waals surface area contributed by atoms with Crippen molar-refractivity contribution >= 4 is 17.8 Å². The first-order chi connectivity index (χ1) is 17.5. The van der Waals surface area contributed by atoms with E-state index in [1.165, 1.54) is 22.3 Å². The second-order valence-corrected chi connectivity index (χ2v) is 9.80. The Kier molecular flexibility index (Phi) is 6.59.